The molecule has 0 amide bonds. The number of aromatic nitrogens is 2. The zero-order valence-corrected chi connectivity index (χ0v) is 16.9. The number of carbonyl (C=O) groups is 1. The Kier molecular flexibility index (Phi) is 6.71. The molecule has 0 bridgehead atoms. The minimum atomic E-state index is -0.524. The molecule has 152 valence electrons. The maximum absolute atomic E-state index is 13.0. The fraction of sp³-hybridized carbons (Fsp3) is 0.250. The Labute approximate surface area is 171 Å². The van der Waals surface area contributed by atoms with Gasteiger partial charge in [0.2, 0.25) is 0 Å². The molecule has 0 aliphatic carbocycles. The first-order valence-electron chi connectivity index (χ1n) is 8.63. The number of benzene rings is 2. The molecule has 0 unspecified atom stereocenters. The van der Waals surface area contributed by atoms with Gasteiger partial charge < -0.3 is 18.6 Å². The van der Waals surface area contributed by atoms with E-state index in [2.05, 4.69) is 10.2 Å². The van der Waals surface area contributed by atoms with Crippen molar-refractivity contribution < 1.29 is 27.8 Å². The van der Waals surface area contributed by atoms with Crippen molar-refractivity contribution in [2.24, 2.45) is 0 Å². The lowest BCUT2D eigenvalue weighted by Crippen LogP contribution is -2.03. The molecule has 0 fully saturated rings. The summed E-state index contributed by atoms with van der Waals surface area (Å²) >= 11 is 1.13. The van der Waals surface area contributed by atoms with Crippen molar-refractivity contribution in [1.82, 2.24) is 10.2 Å². The third-order valence-corrected chi connectivity index (χ3v) is 4.75. The molecule has 2 aromatic carbocycles. The average Bonchev–Trinajstić information content (AvgIpc) is 3.22. The normalized spacial score (nSPS) is 11.7. The number of rotatable bonds is 9. The molecule has 1 aromatic heterocycles. The van der Waals surface area contributed by atoms with Gasteiger partial charge >= 0.3 is 0 Å². The highest BCUT2D eigenvalue weighted by Crippen LogP contribution is 2.29. The van der Waals surface area contributed by atoms with Gasteiger partial charge in [0.25, 0.3) is 11.1 Å². The first-order chi connectivity index (χ1) is 14.0. The van der Waals surface area contributed by atoms with Crippen LogP contribution in [-0.4, -0.2) is 36.0 Å². The molecule has 0 saturated heterocycles. The van der Waals surface area contributed by atoms with E-state index in [1.54, 1.807) is 25.1 Å². The van der Waals surface area contributed by atoms with E-state index in [-0.39, 0.29) is 28.5 Å². The van der Waals surface area contributed by atoms with Crippen molar-refractivity contribution in [2.75, 3.05) is 20.0 Å². The topological polar surface area (TPSA) is 83.7 Å². The van der Waals surface area contributed by atoms with Crippen LogP contribution in [0.3, 0.4) is 0 Å². The second-order valence-electron chi connectivity index (χ2n) is 5.90. The van der Waals surface area contributed by atoms with Gasteiger partial charge in [0.15, 0.2) is 23.4 Å². The summed E-state index contributed by atoms with van der Waals surface area (Å²) in [7, 11) is 3.04. The fourth-order valence-electron chi connectivity index (χ4n) is 2.43. The number of methoxy groups -OCH3 is 2. The zero-order chi connectivity index (χ0) is 20.8. The van der Waals surface area contributed by atoms with Gasteiger partial charge in [0.05, 0.1) is 20.0 Å². The lowest BCUT2D eigenvalue weighted by atomic mass is 10.1. The van der Waals surface area contributed by atoms with E-state index in [1.165, 1.54) is 38.5 Å². The van der Waals surface area contributed by atoms with E-state index in [1.807, 2.05) is 0 Å². The number of hydrogen-bond acceptors (Lipinski definition) is 8. The number of ketones is 1. The van der Waals surface area contributed by atoms with Crippen LogP contribution in [0.5, 0.6) is 17.2 Å². The molecule has 0 N–H and O–H groups in total. The number of Topliss-reactive ketones (excluding diaryl/α,β-unsaturated/α-hetero) is 1. The fourth-order valence-corrected chi connectivity index (χ4v) is 3.10. The predicted molar refractivity (Wildman–Crippen MR) is 104 cm³/mol. The number of carbonyl (C=O) groups excluding carboxylic acids is 1. The van der Waals surface area contributed by atoms with Gasteiger partial charge in [-0.3, -0.25) is 4.79 Å². The van der Waals surface area contributed by atoms with Crippen molar-refractivity contribution in [2.45, 2.75) is 18.3 Å². The van der Waals surface area contributed by atoms with E-state index >= 15 is 0 Å². The molecular weight excluding hydrogens is 399 g/mol. The number of thioether (sulfide) groups is 1. The quantitative estimate of drug-likeness (QED) is 0.375. The van der Waals surface area contributed by atoms with Crippen LogP contribution in [0.25, 0.3) is 0 Å². The lowest BCUT2D eigenvalue weighted by Gasteiger charge is -2.10. The predicted octanol–water partition coefficient (Wildman–Crippen LogP) is 4.34. The summed E-state index contributed by atoms with van der Waals surface area (Å²) in [5.41, 5.74) is 0.489. The maximum atomic E-state index is 13.0. The molecule has 3 rings (SSSR count). The summed E-state index contributed by atoms with van der Waals surface area (Å²) in [5.74, 6) is 1.42. The third kappa shape index (κ3) is 5.26. The first kappa shape index (κ1) is 20.7. The molecular formula is C20H19FN2O5S. The van der Waals surface area contributed by atoms with Gasteiger partial charge in [-0.2, -0.15) is 0 Å². The highest BCUT2D eigenvalue weighted by molar-refractivity contribution is 7.99. The standard InChI is InChI=1S/C20H19FN2O5S/c1-12(27-15-7-5-14(21)6-8-15)19-22-23-20(28-19)29-11-16(24)13-4-9-17(25-2)18(10-13)26-3/h4-10,12H,11H2,1-3H3/t12-/m1/s1. The summed E-state index contributed by atoms with van der Waals surface area (Å²) in [6.07, 6.45) is -0.524. The van der Waals surface area contributed by atoms with E-state index < -0.39 is 6.10 Å². The highest BCUT2D eigenvalue weighted by Gasteiger charge is 2.18. The van der Waals surface area contributed by atoms with E-state index in [0.29, 0.717) is 22.8 Å². The molecule has 9 heteroatoms. The molecule has 0 aliphatic rings. The summed E-state index contributed by atoms with van der Waals surface area (Å²) in [6.45, 7) is 1.74. The Balaban J connectivity index is 1.58. The molecule has 7 nitrogen and oxygen atoms in total. The molecule has 29 heavy (non-hydrogen) atoms. The van der Waals surface area contributed by atoms with E-state index in [4.69, 9.17) is 18.6 Å². The second-order valence-corrected chi connectivity index (χ2v) is 6.83. The van der Waals surface area contributed by atoms with Crippen LogP contribution < -0.4 is 14.2 Å². The molecule has 0 aliphatic heterocycles. The van der Waals surface area contributed by atoms with Crippen molar-refractivity contribution in [3.63, 3.8) is 0 Å². The van der Waals surface area contributed by atoms with Gasteiger partial charge in [-0.15, -0.1) is 10.2 Å². The zero-order valence-electron chi connectivity index (χ0n) is 16.0. The Morgan fingerprint density at radius 3 is 2.52 bits per heavy atom. The van der Waals surface area contributed by atoms with Crippen molar-refractivity contribution in [3.05, 3.63) is 59.7 Å². The SMILES string of the molecule is COc1ccc(C(=O)CSc2nnc([C@@H](C)Oc3ccc(F)cc3)o2)cc1OC. The lowest BCUT2D eigenvalue weighted by molar-refractivity contribution is 0.102. The van der Waals surface area contributed by atoms with Crippen LogP contribution in [0.4, 0.5) is 4.39 Å². The van der Waals surface area contributed by atoms with Crippen molar-refractivity contribution in [1.29, 1.82) is 0 Å². The summed E-state index contributed by atoms with van der Waals surface area (Å²) in [5, 5.41) is 8.13. The van der Waals surface area contributed by atoms with Gasteiger partial charge in [-0.25, -0.2) is 4.39 Å². The van der Waals surface area contributed by atoms with Crippen LogP contribution in [0, 0.1) is 5.82 Å². The number of nitrogens with zero attached hydrogens (tertiary/aromatic N) is 2. The molecule has 0 spiro atoms. The minimum absolute atomic E-state index is 0.115. The Hall–Kier alpha value is -3.07. The molecule has 1 heterocycles. The Bertz CT molecular complexity index is 977. The van der Waals surface area contributed by atoms with Crippen LogP contribution in [0.2, 0.25) is 0 Å². The van der Waals surface area contributed by atoms with Crippen LogP contribution in [-0.2, 0) is 0 Å². The van der Waals surface area contributed by atoms with Gasteiger partial charge in [-0.1, -0.05) is 11.8 Å². The Morgan fingerprint density at radius 2 is 1.83 bits per heavy atom. The highest BCUT2D eigenvalue weighted by atomic mass is 32.2. The number of ether oxygens (including phenoxy) is 3. The molecule has 3 aromatic rings. The average molecular weight is 418 g/mol. The van der Waals surface area contributed by atoms with Gasteiger partial charge in [0.1, 0.15) is 11.6 Å². The molecule has 1 atom stereocenters. The van der Waals surface area contributed by atoms with Crippen molar-refractivity contribution >= 4 is 17.5 Å². The summed E-state index contributed by atoms with van der Waals surface area (Å²) < 4.78 is 34.5. The van der Waals surface area contributed by atoms with Gasteiger partial charge in [-0.05, 0) is 49.4 Å². The Morgan fingerprint density at radius 1 is 1.10 bits per heavy atom. The largest absolute Gasteiger partial charge is 0.493 e. The summed E-state index contributed by atoms with van der Waals surface area (Å²) in [6, 6.07) is 10.6. The van der Waals surface area contributed by atoms with Crippen LogP contribution in [0.1, 0.15) is 29.3 Å². The van der Waals surface area contributed by atoms with Gasteiger partial charge in [0, 0.05) is 5.56 Å². The number of halogens is 1. The third-order valence-electron chi connectivity index (χ3n) is 3.93. The second kappa shape index (κ2) is 9.42. The number of hydrogen-bond donors (Lipinski definition) is 0. The monoisotopic (exact) mass is 418 g/mol. The van der Waals surface area contributed by atoms with Crippen LogP contribution in [0.15, 0.2) is 52.1 Å². The molecule has 0 saturated carbocycles. The van der Waals surface area contributed by atoms with E-state index in [9.17, 15) is 9.18 Å². The first-order valence-corrected chi connectivity index (χ1v) is 9.62. The minimum Gasteiger partial charge on any atom is -0.493 e. The van der Waals surface area contributed by atoms with Crippen LogP contribution >= 0.6 is 11.8 Å². The molecule has 0 radical (unpaired) electrons. The van der Waals surface area contributed by atoms with E-state index in [0.717, 1.165) is 11.8 Å². The summed E-state index contributed by atoms with van der Waals surface area (Å²) in [4.78, 5) is 12.4. The maximum Gasteiger partial charge on any atom is 0.277 e. The smallest absolute Gasteiger partial charge is 0.277 e. The van der Waals surface area contributed by atoms with Crippen molar-refractivity contribution in [3.8, 4) is 17.2 Å².